The summed E-state index contributed by atoms with van der Waals surface area (Å²) in [5, 5.41) is 2.67. The van der Waals surface area contributed by atoms with Gasteiger partial charge in [-0.15, -0.1) is 11.3 Å². The molecule has 1 aromatic heterocycles. The Bertz CT molecular complexity index is 384. The molecule has 0 aliphatic heterocycles. The van der Waals surface area contributed by atoms with Crippen LogP contribution >= 0.6 is 11.3 Å². The van der Waals surface area contributed by atoms with Gasteiger partial charge in [0.15, 0.2) is 5.01 Å². The van der Waals surface area contributed by atoms with Crippen LogP contribution < -0.4 is 0 Å². The fraction of sp³-hybridized carbons (Fsp3) is 0.400. The van der Waals surface area contributed by atoms with Crippen LogP contribution in [-0.4, -0.2) is 11.5 Å². The zero-order valence-corrected chi connectivity index (χ0v) is 8.34. The van der Waals surface area contributed by atoms with E-state index in [4.69, 9.17) is 0 Å². The largest absolute Gasteiger partial charge is 0.461 e. The van der Waals surface area contributed by atoms with Crippen LogP contribution in [0.1, 0.15) is 23.5 Å². The third-order valence-electron chi connectivity index (χ3n) is 1.81. The van der Waals surface area contributed by atoms with E-state index >= 15 is 0 Å². The molecule has 1 aromatic rings. The Kier molecular flexibility index (Phi) is 2.80. The predicted octanol–water partition coefficient (Wildman–Crippen LogP) is 1.58. The van der Waals surface area contributed by atoms with Crippen LogP contribution in [-0.2, 0) is 16.1 Å². The van der Waals surface area contributed by atoms with Crippen molar-refractivity contribution in [3.63, 3.8) is 0 Å². The van der Waals surface area contributed by atoms with E-state index in [1.165, 1.54) is 24.2 Å². The Labute approximate surface area is 86.1 Å². The van der Waals surface area contributed by atoms with Crippen molar-refractivity contribution in [2.24, 2.45) is 5.92 Å². The van der Waals surface area contributed by atoms with Gasteiger partial charge in [0.25, 0.3) is 6.47 Å². The van der Waals surface area contributed by atoms with Gasteiger partial charge in [-0.1, -0.05) is 5.92 Å². The van der Waals surface area contributed by atoms with Crippen molar-refractivity contribution in [1.82, 2.24) is 4.98 Å². The Morgan fingerprint density at radius 1 is 1.71 bits per heavy atom. The highest BCUT2D eigenvalue weighted by Gasteiger charge is 2.17. The van der Waals surface area contributed by atoms with Crippen LogP contribution in [0.5, 0.6) is 0 Å². The van der Waals surface area contributed by atoms with E-state index < -0.39 is 0 Å². The SMILES string of the molecule is O=COCc1csc(C#CC2CC2)n1. The molecule has 1 saturated carbocycles. The number of thiazole rings is 1. The number of rotatable bonds is 3. The molecule has 0 saturated heterocycles. The zero-order valence-electron chi connectivity index (χ0n) is 7.53. The summed E-state index contributed by atoms with van der Waals surface area (Å²) in [5.41, 5.74) is 0.766. The lowest BCUT2D eigenvalue weighted by atomic mass is 10.4. The van der Waals surface area contributed by atoms with Gasteiger partial charge in [0, 0.05) is 11.3 Å². The molecular weight excluding hydrogens is 198 g/mol. The van der Waals surface area contributed by atoms with E-state index in [-0.39, 0.29) is 6.61 Å². The highest BCUT2D eigenvalue weighted by Crippen LogP contribution is 2.27. The minimum Gasteiger partial charge on any atom is -0.461 e. The average molecular weight is 207 g/mol. The topological polar surface area (TPSA) is 39.2 Å². The van der Waals surface area contributed by atoms with E-state index in [1.807, 2.05) is 5.38 Å². The molecule has 2 rings (SSSR count). The van der Waals surface area contributed by atoms with Crippen molar-refractivity contribution >= 4 is 17.8 Å². The second-order valence-electron chi connectivity index (χ2n) is 3.09. The summed E-state index contributed by atoms with van der Waals surface area (Å²) in [6, 6.07) is 0. The minimum atomic E-state index is 0.241. The van der Waals surface area contributed by atoms with Crippen LogP contribution in [0.15, 0.2) is 5.38 Å². The van der Waals surface area contributed by atoms with Crippen LogP contribution in [0.4, 0.5) is 0 Å². The summed E-state index contributed by atoms with van der Waals surface area (Å²) in [6.07, 6.45) is 2.44. The van der Waals surface area contributed by atoms with Crippen molar-refractivity contribution in [2.75, 3.05) is 0 Å². The van der Waals surface area contributed by atoms with Gasteiger partial charge in [-0.05, 0) is 18.8 Å². The number of ether oxygens (including phenoxy) is 1. The Morgan fingerprint density at radius 3 is 3.29 bits per heavy atom. The first kappa shape index (κ1) is 9.22. The highest BCUT2D eigenvalue weighted by atomic mass is 32.1. The molecule has 0 N–H and O–H groups in total. The number of hydrogen-bond donors (Lipinski definition) is 0. The van der Waals surface area contributed by atoms with E-state index in [0.717, 1.165) is 10.7 Å². The van der Waals surface area contributed by atoms with Crippen molar-refractivity contribution in [3.8, 4) is 11.8 Å². The molecule has 72 valence electrons. The predicted molar refractivity (Wildman–Crippen MR) is 52.6 cm³/mol. The molecule has 0 bridgehead atoms. The molecule has 1 fully saturated rings. The molecule has 0 atom stereocenters. The second kappa shape index (κ2) is 4.25. The summed E-state index contributed by atoms with van der Waals surface area (Å²) in [4.78, 5) is 14.1. The van der Waals surface area contributed by atoms with Crippen LogP contribution in [0.2, 0.25) is 0 Å². The summed E-state index contributed by atoms with van der Waals surface area (Å²) in [5.74, 6) is 6.74. The van der Waals surface area contributed by atoms with Crippen LogP contribution in [0.25, 0.3) is 0 Å². The van der Waals surface area contributed by atoms with Crippen molar-refractivity contribution in [1.29, 1.82) is 0 Å². The fourth-order valence-electron chi connectivity index (χ4n) is 0.942. The van der Waals surface area contributed by atoms with Gasteiger partial charge in [-0.25, -0.2) is 4.98 Å². The first-order valence-corrected chi connectivity index (χ1v) is 5.27. The Morgan fingerprint density at radius 2 is 2.57 bits per heavy atom. The molecule has 0 aromatic carbocycles. The zero-order chi connectivity index (χ0) is 9.80. The lowest BCUT2D eigenvalue weighted by molar-refractivity contribution is -0.129. The van der Waals surface area contributed by atoms with Gasteiger partial charge in [0.05, 0.1) is 5.69 Å². The van der Waals surface area contributed by atoms with Crippen LogP contribution in [0, 0.1) is 17.8 Å². The van der Waals surface area contributed by atoms with Gasteiger partial charge >= 0.3 is 0 Å². The van der Waals surface area contributed by atoms with Crippen LogP contribution in [0.3, 0.4) is 0 Å². The molecular formula is C10H9NO2S. The van der Waals surface area contributed by atoms with Gasteiger partial charge in [-0.3, -0.25) is 4.79 Å². The smallest absolute Gasteiger partial charge is 0.293 e. The van der Waals surface area contributed by atoms with E-state index in [1.54, 1.807) is 0 Å². The molecule has 4 heteroatoms. The summed E-state index contributed by atoms with van der Waals surface area (Å²) >= 11 is 1.49. The Balaban J connectivity index is 1.95. The summed E-state index contributed by atoms with van der Waals surface area (Å²) in [6.45, 7) is 0.667. The standard InChI is InChI=1S/C10H9NO2S/c12-7-13-5-9-6-14-10(11-9)4-3-8-1-2-8/h6-8H,1-2,5H2. The number of aromatic nitrogens is 1. The fourth-order valence-corrected chi connectivity index (χ4v) is 1.60. The van der Waals surface area contributed by atoms with Gasteiger partial charge in [0.1, 0.15) is 6.61 Å². The molecule has 0 amide bonds. The van der Waals surface area contributed by atoms with E-state index in [0.29, 0.717) is 12.4 Å². The maximum Gasteiger partial charge on any atom is 0.293 e. The maximum atomic E-state index is 9.93. The first-order valence-electron chi connectivity index (χ1n) is 4.39. The number of carbonyl (C=O) groups is 1. The lowest BCUT2D eigenvalue weighted by Crippen LogP contribution is -1.89. The number of hydrogen-bond acceptors (Lipinski definition) is 4. The van der Waals surface area contributed by atoms with E-state index in [9.17, 15) is 4.79 Å². The molecule has 14 heavy (non-hydrogen) atoms. The third kappa shape index (κ3) is 2.57. The molecule has 0 unspecified atom stereocenters. The summed E-state index contributed by atoms with van der Waals surface area (Å²) < 4.78 is 4.59. The third-order valence-corrected chi connectivity index (χ3v) is 2.62. The van der Waals surface area contributed by atoms with Crippen molar-refractivity contribution in [2.45, 2.75) is 19.4 Å². The van der Waals surface area contributed by atoms with Gasteiger partial charge in [-0.2, -0.15) is 0 Å². The molecule has 1 aliphatic rings. The average Bonchev–Trinajstić information content (AvgIpc) is 2.92. The monoisotopic (exact) mass is 207 g/mol. The van der Waals surface area contributed by atoms with E-state index in [2.05, 4.69) is 21.6 Å². The molecule has 1 heterocycles. The molecule has 0 radical (unpaired) electrons. The Hall–Kier alpha value is -1.34. The number of nitrogens with zero attached hydrogens (tertiary/aromatic N) is 1. The van der Waals surface area contributed by atoms with Crippen molar-refractivity contribution in [3.05, 3.63) is 16.1 Å². The lowest BCUT2D eigenvalue weighted by Gasteiger charge is -1.90. The van der Waals surface area contributed by atoms with Crippen molar-refractivity contribution < 1.29 is 9.53 Å². The minimum absolute atomic E-state index is 0.241. The highest BCUT2D eigenvalue weighted by molar-refractivity contribution is 7.10. The maximum absolute atomic E-state index is 9.93. The second-order valence-corrected chi connectivity index (χ2v) is 3.95. The van der Waals surface area contributed by atoms with Gasteiger partial charge < -0.3 is 4.74 Å². The molecule has 3 nitrogen and oxygen atoms in total. The number of carbonyl (C=O) groups excluding carboxylic acids is 1. The normalized spacial score (nSPS) is 14.3. The molecule has 0 spiro atoms. The quantitative estimate of drug-likeness (QED) is 0.558. The summed E-state index contributed by atoms with van der Waals surface area (Å²) in [7, 11) is 0. The van der Waals surface area contributed by atoms with Gasteiger partial charge in [0.2, 0.25) is 0 Å². The molecule has 1 aliphatic carbocycles. The first-order chi connectivity index (χ1) is 6.88.